The number of nitrogens with zero attached hydrogens (tertiary/aromatic N) is 4. The number of halogens is 2. The second-order valence-electron chi connectivity index (χ2n) is 11.5. The van der Waals surface area contributed by atoms with Crippen molar-refractivity contribution in [2.75, 3.05) is 23.7 Å². The van der Waals surface area contributed by atoms with Crippen LogP contribution in [0.4, 0.5) is 10.3 Å². The van der Waals surface area contributed by atoms with Crippen LogP contribution in [0, 0.1) is 0 Å². The minimum Gasteiger partial charge on any atom is -0.302 e. The lowest BCUT2D eigenvalue weighted by Gasteiger charge is -2.14. The van der Waals surface area contributed by atoms with Crippen molar-refractivity contribution < 1.29 is 19.2 Å². The zero-order valence-electron chi connectivity index (χ0n) is 27.1. The molecule has 0 aliphatic carbocycles. The monoisotopic (exact) mass is 846 g/mol. The molecule has 10 nitrogen and oxygen atoms in total. The molecule has 2 N–H and O–H groups in total. The number of rotatable bonds is 14. The van der Waals surface area contributed by atoms with Crippen LogP contribution in [-0.4, -0.2) is 65.1 Å². The number of carbonyl (C=O) groups is 4. The van der Waals surface area contributed by atoms with Gasteiger partial charge in [0.1, 0.15) is 8.64 Å². The molecule has 0 atom stereocenters. The van der Waals surface area contributed by atoms with E-state index in [0.717, 1.165) is 44.4 Å². The number of amides is 4. The van der Waals surface area contributed by atoms with Gasteiger partial charge in [0.25, 0.3) is 11.8 Å². The van der Waals surface area contributed by atoms with E-state index in [0.29, 0.717) is 54.6 Å². The molecule has 4 heterocycles. The number of thioether (sulfide) groups is 2. The van der Waals surface area contributed by atoms with Gasteiger partial charge in [0.2, 0.25) is 11.8 Å². The molecule has 2 aliphatic rings. The molecule has 0 radical (unpaired) electrons. The van der Waals surface area contributed by atoms with Crippen molar-refractivity contribution in [3.8, 4) is 0 Å². The van der Waals surface area contributed by atoms with Crippen LogP contribution in [-0.2, 0) is 32.0 Å². The molecule has 268 valence electrons. The molecule has 52 heavy (non-hydrogen) atoms. The van der Waals surface area contributed by atoms with E-state index in [1.165, 1.54) is 32.5 Å². The molecule has 2 aromatic carbocycles. The predicted octanol–water partition coefficient (Wildman–Crippen LogP) is 8.16. The van der Waals surface area contributed by atoms with Crippen molar-refractivity contribution in [1.29, 1.82) is 0 Å². The van der Waals surface area contributed by atoms with Crippen molar-refractivity contribution in [2.24, 2.45) is 0 Å². The fraction of sp³-hybridized carbons (Fsp3) is 0.235. The topological polar surface area (TPSA) is 125 Å². The molecule has 0 bridgehead atoms. The van der Waals surface area contributed by atoms with Gasteiger partial charge in [-0.3, -0.25) is 29.0 Å². The Bertz CT molecular complexity index is 1920. The SMILES string of the molecule is O=C(CCCN1C(=O)C(=C2SC(=S)N(CCCC(=O)Nc3ncc(Cc4ccc(Cl)cc4)s3)C2=O)SC1=S)Nc1ncc(Cc2ccc(Cl)cc2)s1. The van der Waals surface area contributed by atoms with E-state index in [-0.39, 0.29) is 59.4 Å². The summed E-state index contributed by atoms with van der Waals surface area (Å²) in [6.45, 7) is 0.441. The molecule has 2 aromatic heterocycles. The predicted molar refractivity (Wildman–Crippen MR) is 219 cm³/mol. The third kappa shape index (κ3) is 10.0. The van der Waals surface area contributed by atoms with Gasteiger partial charge in [0.05, 0.1) is 9.81 Å². The Morgan fingerprint density at radius 3 is 1.42 bits per heavy atom. The van der Waals surface area contributed by atoms with Crippen molar-refractivity contribution >= 4 is 136 Å². The second kappa shape index (κ2) is 17.7. The van der Waals surface area contributed by atoms with Gasteiger partial charge in [-0.25, -0.2) is 9.97 Å². The Morgan fingerprint density at radius 2 is 1.04 bits per heavy atom. The zero-order valence-corrected chi connectivity index (χ0v) is 33.5. The summed E-state index contributed by atoms with van der Waals surface area (Å²) < 4.78 is 0.625. The van der Waals surface area contributed by atoms with Crippen LogP contribution >= 0.6 is 93.8 Å². The van der Waals surface area contributed by atoms with Crippen LogP contribution in [0.3, 0.4) is 0 Å². The van der Waals surface area contributed by atoms with Gasteiger partial charge < -0.3 is 10.6 Å². The molecule has 2 fully saturated rings. The Morgan fingerprint density at radius 1 is 0.654 bits per heavy atom. The average Bonchev–Trinajstić information content (AvgIpc) is 3.88. The molecule has 0 unspecified atom stereocenters. The van der Waals surface area contributed by atoms with E-state index >= 15 is 0 Å². The fourth-order valence-corrected chi connectivity index (χ4v) is 9.86. The van der Waals surface area contributed by atoms with Gasteiger partial charge in [-0.2, -0.15) is 0 Å². The van der Waals surface area contributed by atoms with Crippen molar-refractivity contribution in [1.82, 2.24) is 19.8 Å². The van der Waals surface area contributed by atoms with Crippen LogP contribution in [0.25, 0.3) is 0 Å². The molecule has 6 rings (SSSR count). The number of hydrogen-bond acceptors (Lipinski definition) is 12. The first-order valence-corrected chi connectivity index (χ1v) is 20.7. The van der Waals surface area contributed by atoms with E-state index in [2.05, 4.69) is 20.6 Å². The molecule has 4 aromatic rings. The summed E-state index contributed by atoms with van der Waals surface area (Å²) in [5.74, 6) is -1.22. The summed E-state index contributed by atoms with van der Waals surface area (Å²) in [4.78, 5) is 65.8. The van der Waals surface area contributed by atoms with Crippen LogP contribution in [0.2, 0.25) is 10.0 Å². The number of nitrogens with one attached hydrogen (secondary N) is 2. The van der Waals surface area contributed by atoms with E-state index in [1.54, 1.807) is 12.4 Å². The van der Waals surface area contributed by atoms with Crippen LogP contribution in [0.15, 0.2) is 70.7 Å². The Labute approximate surface area is 336 Å². The molecular formula is C34H28Cl2N6O4S6. The molecular weight excluding hydrogens is 820 g/mol. The molecule has 0 spiro atoms. The lowest BCUT2D eigenvalue weighted by atomic mass is 10.1. The zero-order chi connectivity index (χ0) is 36.8. The Hall–Kier alpha value is -3.22. The number of thiocarbonyl (C=S) groups is 2. The standard InChI is InChI=1S/C34H28Cl2N6O4S6/c35-21-9-5-19(6-10-21)15-23-17-37-31(49-23)39-25(43)3-1-13-41-29(45)27(51-33(41)47)28-30(46)42(34(48)52-28)14-2-4-26(44)40-32-38-18-24(50-32)16-20-7-11-22(36)12-8-20/h5-12,17-18H,1-4,13-16H2,(H,37,39,43)(H,38,40,44). The number of anilines is 2. The van der Waals surface area contributed by atoms with E-state index in [9.17, 15) is 19.2 Å². The lowest BCUT2D eigenvalue weighted by Crippen LogP contribution is -2.31. The number of carbonyl (C=O) groups excluding carboxylic acids is 4. The third-order valence-corrected chi connectivity index (χ3v) is 13.0. The van der Waals surface area contributed by atoms with Gasteiger partial charge >= 0.3 is 0 Å². The normalized spacial score (nSPS) is 16.0. The smallest absolute Gasteiger partial charge is 0.267 e. The summed E-state index contributed by atoms with van der Waals surface area (Å²) in [5.41, 5.74) is 2.18. The average molecular weight is 848 g/mol. The first kappa shape index (κ1) is 38.5. The maximum Gasteiger partial charge on any atom is 0.267 e. The minimum atomic E-state index is -0.388. The van der Waals surface area contributed by atoms with Crippen LogP contribution in [0.5, 0.6) is 0 Å². The molecule has 2 saturated heterocycles. The summed E-state index contributed by atoms with van der Waals surface area (Å²) in [6.07, 6.45) is 5.86. The first-order valence-electron chi connectivity index (χ1n) is 15.8. The highest BCUT2D eigenvalue weighted by Crippen LogP contribution is 2.42. The van der Waals surface area contributed by atoms with Crippen LogP contribution < -0.4 is 10.6 Å². The third-order valence-electron chi connectivity index (χ3n) is 7.66. The van der Waals surface area contributed by atoms with E-state index < -0.39 is 0 Å². The first-order chi connectivity index (χ1) is 25.0. The molecule has 0 saturated carbocycles. The maximum absolute atomic E-state index is 13.3. The van der Waals surface area contributed by atoms with Gasteiger partial charge in [0, 0.05) is 71.0 Å². The number of benzene rings is 2. The largest absolute Gasteiger partial charge is 0.302 e. The summed E-state index contributed by atoms with van der Waals surface area (Å²) in [7, 11) is 0. The minimum absolute atomic E-state index is 0.154. The second-order valence-corrected chi connectivity index (χ2v) is 17.9. The Balaban J connectivity index is 0.934. The van der Waals surface area contributed by atoms with Crippen LogP contribution in [0.1, 0.15) is 46.6 Å². The highest BCUT2D eigenvalue weighted by atomic mass is 35.5. The van der Waals surface area contributed by atoms with E-state index in [4.69, 9.17) is 47.6 Å². The highest BCUT2D eigenvalue weighted by molar-refractivity contribution is 8.29. The van der Waals surface area contributed by atoms with Gasteiger partial charge in [-0.15, -0.1) is 22.7 Å². The van der Waals surface area contributed by atoms with Crippen molar-refractivity contribution in [2.45, 2.75) is 38.5 Å². The lowest BCUT2D eigenvalue weighted by molar-refractivity contribution is -0.124. The summed E-state index contributed by atoms with van der Waals surface area (Å²) >= 11 is 27.8. The number of hydrogen-bond donors (Lipinski definition) is 2. The maximum atomic E-state index is 13.3. The summed E-state index contributed by atoms with van der Waals surface area (Å²) in [5, 5.41) is 7.98. The number of aromatic nitrogens is 2. The van der Waals surface area contributed by atoms with Gasteiger partial charge in [0.15, 0.2) is 10.3 Å². The van der Waals surface area contributed by atoms with Crippen molar-refractivity contribution in [3.63, 3.8) is 0 Å². The van der Waals surface area contributed by atoms with E-state index in [1.807, 2.05) is 48.5 Å². The molecule has 18 heteroatoms. The Kier molecular flexibility index (Phi) is 13.1. The molecule has 4 amide bonds. The number of thiazole rings is 2. The fourth-order valence-electron chi connectivity index (χ4n) is 5.12. The molecule has 2 aliphatic heterocycles. The quantitative estimate of drug-likeness (QED) is 0.0950. The summed E-state index contributed by atoms with van der Waals surface area (Å²) in [6, 6.07) is 15.1. The van der Waals surface area contributed by atoms with Gasteiger partial charge in [-0.05, 0) is 48.2 Å². The van der Waals surface area contributed by atoms with Gasteiger partial charge in [-0.1, -0.05) is 95.4 Å². The highest BCUT2D eigenvalue weighted by Gasteiger charge is 2.41. The van der Waals surface area contributed by atoms with Crippen molar-refractivity contribution in [3.05, 3.63) is 102 Å².